The molecule has 134 valence electrons. The van der Waals surface area contributed by atoms with Gasteiger partial charge in [0.15, 0.2) is 0 Å². The first-order chi connectivity index (χ1) is 12.7. The number of anilines is 1. The van der Waals surface area contributed by atoms with Gasteiger partial charge in [0.05, 0.1) is 17.6 Å². The Morgan fingerprint density at radius 3 is 2.81 bits per heavy atom. The van der Waals surface area contributed by atoms with Gasteiger partial charge in [0, 0.05) is 31.7 Å². The summed E-state index contributed by atoms with van der Waals surface area (Å²) in [7, 11) is 0. The van der Waals surface area contributed by atoms with Crippen LogP contribution in [-0.2, 0) is 24.4 Å². The van der Waals surface area contributed by atoms with Gasteiger partial charge in [-0.25, -0.2) is 4.98 Å². The van der Waals surface area contributed by atoms with Crippen molar-refractivity contribution in [3.63, 3.8) is 0 Å². The Morgan fingerprint density at radius 2 is 2.00 bits per heavy atom. The second-order valence-electron chi connectivity index (χ2n) is 6.88. The molecule has 1 aliphatic heterocycles. The van der Waals surface area contributed by atoms with Gasteiger partial charge >= 0.3 is 0 Å². The fourth-order valence-corrected chi connectivity index (χ4v) is 3.58. The molecule has 1 N–H and O–H groups in total. The third-order valence-electron chi connectivity index (χ3n) is 4.84. The smallest absolute Gasteiger partial charge is 0.224 e. The van der Waals surface area contributed by atoms with Gasteiger partial charge in [-0.05, 0) is 30.2 Å². The number of benzene rings is 2. The minimum Gasteiger partial charge on any atom is -0.326 e. The van der Waals surface area contributed by atoms with Gasteiger partial charge < -0.3 is 9.88 Å². The number of rotatable bonds is 5. The lowest BCUT2D eigenvalue weighted by molar-refractivity contribution is -0.116. The van der Waals surface area contributed by atoms with E-state index in [1.54, 1.807) is 0 Å². The van der Waals surface area contributed by atoms with Crippen molar-refractivity contribution in [1.29, 1.82) is 0 Å². The highest BCUT2D eigenvalue weighted by Crippen LogP contribution is 2.24. The predicted octanol–water partition coefficient (Wildman–Crippen LogP) is 3.79. The number of carbonyl (C=O) groups excluding carboxylic acids is 1. The lowest BCUT2D eigenvalue weighted by atomic mass is 10.2. The number of fused-ring (bicyclic) bond motifs is 3. The number of amides is 1. The molecule has 0 bridgehead atoms. The van der Waals surface area contributed by atoms with Crippen molar-refractivity contribution < 1.29 is 4.79 Å². The van der Waals surface area contributed by atoms with E-state index >= 15 is 0 Å². The number of hydrogen-bond acceptors (Lipinski definition) is 3. The molecule has 1 amide bonds. The maximum atomic E-state index is 11.8. The summed E-state index contributed by atoms with van der Waals surface area (Å²) in [5, 5.41) is 2.96. The van der Waals surface area contributed by atoms with Crippen LogP contribution in [0.4, 0.5) is 5.69 Å². The second kappa shape index (κ2) is 7.30. The van der Waals surface area contributed by atoms with Crippen molar-refractivity contribution in [2.24, 2.45) is 0 Å². The Labute approximate surface area is 153 Å². The van der Waals surface area contributed by atoms with Crippen molar-refractivity contribution in [2.75, 3.05) is 11.9 Å². The molecule has 26 heavy (non-hydrogen) atoms. The Balaban J connectivity index is 1.52. The second-order valence-corrected chi connectivity index (χ2v) is 6.88. The summed E-state index contributed by atoms with van der Waals surface area (Å²) in [6.45, 7) is 5.76. The molecule has 2 aromatic carbocycles. The van der Waals surface area contributed by atoms with Crippen LogP contribution in [0.2, 0.25) is 0 Å². The number of nitrogens with zero attached hydrogens (tertiary/aromatic N) is 3. The molecule has 0 atom stereocenters. The summed E-state index contributed by atoms with van der Waals surface area (Å²) < 4.78 is 2.30. The fraction of sp³-hybridized carbons (Fsp3) is 0.333. The van der Waals surface area contributed by atoms with E-state index in [-0.39, 0.29) is 5.91 Å². The Morgan fingerprint density at radius 1 is 1.15 bits per heavy atom. The van der Waals surface area contributed by atoms with Crippen molar-refractivity contribution in [2.45, 2.75) is 39.4 Å². The van der Waals surface area contributed by atoms with Crippen LogP contribution in [0.15, 0.2) is 48.5 Å². The van der Waals surface area contributed by atoms with E-state index in [0.717, 1.165) is 55.1 Å². The zero-order chi connectivity index (χ0) is 17.9. The van der Waals surface area contributed by atoms with Gasteiger partial charge in [-0.1, -0.05) is 37.3 Å². The molecular weight excluding hydrogens is 324 g/mol. The van der Waals surface area contributed by atoms with Crippen LogP contribution in [0.1, 0.15) is 31.2 Å². The number of nitrogens with one attached hydrogen (secondary N) is 1. The van der Waals surface area contributed by atoms with E-state index in [0.29, 0.717) is 6.42 Å². The van der Waals surface area contributed by atoms with Gasteiger partial charge in [0.25, 0.3) is 0 Å². The van der Waals surface area contributed by atoms with Gasteiger partial charge in [0.1, 0.15) is 5.82 Å². The van der Waals surface area contributed by atoms with Gasteiger partial charge in [-0.15, -0.1) is 0 Å². The minimum atomic E-state index is 0.0601. The molecule has 0 saturated carbocycles. The molecule has 5 heteroatoms. The molecule has 1 aromatic heterocycles. The first-order valence-corrected chi connectivity index (χ1v) is 9.28. The average Bonchev–Trinajstić information content (AvgIpc) is 2.99. The van der Waals surface area contributed by atoms with E-state index in [1.807, 2.05) is 19.1 Å². The molecule has 5 nitrogen and oxygen atoms in total. The van der Waals surface area contributed by atoms with Crippen LogP contribution in [0.5, 0.6) is 0 Å². The van der Waals surface area contributed by atoms with Gasteiger partial charge in [-0.3, -0.25) is 9.69 Å². The highest BCUT2D eigenvalue weighted by atomic mass is 16.1. The monoisotopic (exact) mass is 348 g/mol. The minimum absolute atomic E-state index is 0.0601. The van der Waals surface area contributed by atoms with Gasteiger partial charge in [-0.2, -0.15) is 0 Å². The maximum absolute atomic E-state index is 11.8. The molecule has 0 aliphatic carbocycles. The molecule has 4 rings (SSSR count). The van der Waals surface area contributed by atoms with E-state index in [2.05, 4.69) is 51.2 Å². The van der Waals surface area contributed by atoms with Crippen LogP contribution < -0.4 is 5.32 Å². The topological polar surface area (TPSA) is 50.2 Å². The summed E-state index contributed by atoms with van der Waals surface area (Å²) in [5.41, 5.74) is 4.26. The third-order valence-corrected chi connectivity index (χ3v) is 4.84. The summed E-state index contributed by atoms with van der Waals surface area (Å²) in [5.74, 6) is 1.16. The molecule has 2 heterocycles. The first kappa shape index (κ1) is 16.8. The summed E-state index contributed by atoms with van der Waals surface area (Å²) in [6.07, 6.45) is 1.40. The molecule has 0 radical (unpaired) electrons. The summed E-state index contributed by atoms with van der Waals surface area (Å²) >= 11 is 0. The van der Waals surface area contributed by atoms with E-state index in [9.17, 15) is 4.79 Å². The Hall–Kier alpha value is -2.66. The molecule has 3 aromatic rings. The van der Waals surface area contributed by atoms with Crippen molar-refractivity contribution in [3.05, 3.63) is 59.9 Å². The van der Waals surface area contributed by atoms with Crippen molar-refractivity contribution >= 4 is 22.6 Å². The molecule has 0 unspecified atom stereocenters. The Kier molecular flexibility index (Phi) is 4.71. The maximum Gasteiger partial charge on any atom is 0.224 e. The van der Waals surface area contributed by atoms with Crippen molar-refractivity contribution in [3.8, 4) is 0 Å². The third kappa shape index (κ3) is 3.48. The highest BCUT2D eigenvalue weighted by Gasteiger charge is 2.20. The lowest BCUT2D eigenvalue weighted by Gasteiger charge is -2.27. The zero-order valence-corrected chi connectivity index (χ0v) is 15.1. The van der Waals surface area contributed by atoms with Crippen LogP contribution >= 0.6 is 0 Å². The molecular formula is C21H24N4O. The lowest BCUT2D eigenvalue weighted by Crippen LogP contribution is -2.33. The highest BCUT2D eigenvalue weighted by molar-refractivity contribution is 5.93. The standard InChI is InChI=1S/C21H24N4O/c1-2-6-21(26)22-17-9-10-19-18(13-17)23-20-15-24(11-12-25(19)20)14-16-7-4-3-5-8-16/h3-5,7-10,13H,2,6,11-12,14-15H2,1H3,(H,22,26). The number of hydrogen-bond donors (Lipinski definition) is 1. The van der Waals surface area contributed by atoms with Crippen LogP contribution in [0, 0.1) is 0 Å². The Bertz CT molecular complexity index is 916. The largest absolute Gasteiger partial charge is 0.326 e. The fourth-order valence-electron chi connectivity index (χ4n) is 3.58. The van der Waals surface area contributed by atoms with E-state index in [1.165, 1.54) is 5.56 Å². The van der Waals surface area contributed by atoms with E-state index in [4.69, 9.17) is 4.98 Å². The molecule has 0 fully saturated rings. The van der Waals surface area contributed by atoms with Gasteiger partial charge in [0.2, 0.25) is 5.91 Å². The SMILES string of the molecule is CCCC(=O)Nc1ccc2c(c1)nc1n2CCN(Cc2ccccc2)C1. The summed E-state index contributed by atoms with van der Waals surface area (Å²) in [4.78, 5) is 19.1. The normalized spacial score (nSPS) is 14.3. The molecule has 0 spiro atoms. The predicted molar refractivity (Wildman–Crippen MR) is 104 cm³/mol. The summed E-state index contributed by atoms with van der Waals surface area (Å²) in [6, 6.07) is 16.6. The van der Waals surface area contributed by atoms with Crippen molar-refractivity contribution in [1.82, 2.24) is 14.5 Å². The zero-order valence-electron chi connectivity index (χ0n) is 15.1. The first-order valence-electron chi connectivity index (χ1n) is 9.28. The van der Waals surface area contributed by atoms with Crippen LogP contribution in [0.25, 0.3) is 11.0 Å². The quantitative estimate of drug-likeness (QED) is 0.763. The molecule has 0 saturated heterocycles. The number of aromatic nitrogens is 2. The number of carbonyl (C=O) groups is 1. The number of imidazole rings is 1. The van der Waals surface area contributed by atoms with Crippen LogP contribution in [-0.4, -0.2) is 26.9 Å². The molecule has 1 aliphatic rings. The van der Waals surface area contributed by atoms with E-state index < -0.39 is 0 Å². The average molecular weight is 348 g/mol. The van der Waals surface area contributed by atoms with Crippen LogP contribution in [0.3, 0.4) is 0 Å².